The van der Waals surface area contributed by atoms with E-state index in [0.29, 0.717) is 39.0 Å². The third kappa shape index (κ3) is 4.43. The van der Waals surface area contributed by atoms with Crippen molar-refractivity contribution in [2.75, 3.05) is 0 Å². The normalized spacial score (nSPS) is 11.2. The van der Waals surface area contributed by atoms with Gasteiger partial charge in [-0.05, 0) is 53.9 Å². The number of carbonyl (C=O) groups is 2. The Morgan fingerprint density at radius 1 is 1.00 bits per heavy atom. The number of carboxylic acid groups (broad SMARTS) is 2. The summed E-state index contributed by atoms with van der Waals surface area (Å²) in [6, 6.07) is 19.6. The smallest absolute Gasteiger partial charge is 0.338 e. The second kappa shape index (κ2) is 9.00. The molecular formula is C26H22ClNO5. The van der Waals surface area contributed by atoms with Crippen LogP contribution in [0.4, 0.5) is 0 Å². The van der Waals surface area contributed by atoms with Crippen LogP contribution in [0.1, 0.15) is 41.4 Å². The third-order valence-electron chi connectivity index (χ3n) is 5.43. The summed E-state index contributed by atoms with van der Waals surface area (Å²) in [4.78, 5) is 24.1. The topological polar surface area (TPSA) is 88.8 Å². The van der Waals surface area contributed by atoms with Crippen LogP contribution in [0.15, 0.2) is 66.7 Å². The summed E-state index contributed by atoms with van der Waals surface area (Å²) in [5.74, 6) is -1.28. The van der Waals surface area contributed by atoms with Gasteiger partial charge in [0, 0.05) is 16.4 Å². The number of hydrogen-bond acceptors (Lipinski definition) is 3. The number of hydrogen-bond donors (Lipinski definition) is 2. The number of aromatic carboxylic acids is 1. The molecule has 1 aromatic heterocycles. The van der Waals surface area contributed by atoms with Crippen LogP contribution < -0.4 is 4.74 Å². The first-order valence-electron chi connectivity index (χ1n) is 10.4. The van der Waals surface area contributed by atoms with E-state index in [-0.39, 0.29) is 11.3 Å². The van der Waals surface area contributed by atoms with E-state index in [1.807, 2.05) is 24.3 Å². The Kier molecular flexibility index (Phi) is 6.11. The molecule has 1 heterocycles. The van der Waals surface area contributed by atoms with Crippen LogP contribution >= 0.6 is 11.6 Å². The van der Waals surface area contributed by atoms with Gasteiger partial charge in [-0.2, -0.15) is 0 Å². The average molecular weight is 464 g/mol. The first-order valence-corrected chi connectivity index (χ1v) is 10.8. The molecule has 0 amide bonds. The Labute approximate surface area is 195 Å². The van der Waals surface area contributed by atoms with E-state index in [9.17, 15) is 19.8 Å². The van der Waals surface area contributed by atoms with Gasteiger partial charge in [-0.25, -0.2) is 4.79 Å². The highest BCUT2D eigenvalue weighted by atomic mass is 35.5. The molecule has 0 fully saturated rings. The van der Waals surface area contributed by atoms with Gasteiger partial charge >= 0.3 is 11.9 Å². The molecule has 0 atom stereocenters. The maximum Gasteiger partial charge on any atom is 0.338 e. The van der Waals surface area contributed by atoms with E-state index in [1.54, 1.807) is 47.0 Å². The van der Waals surface area contributed by atoms with Gasteiger partial charge in [0.2, 0.25) is 0 Å². The monoisotopic (exact) mass is 463 g/mol. The first-order chi connectivity index (χ1) is 15.8. The second-order valence-electron chi connectivity index (χ2n) is 7.99. The number of aliphatic carboxylic acids is 1. The highest BCUT2D eigenvalue weighted by molar-refractivity contribution is 6.30. The SMILES string of the molecule is CC(C)c1ccc(-n2c(CC(=O)O)c(C(=O)O)c3c(Oc4cccc(Cl)c4)cccc32)cc1. The van der Waals surface area contributed by atoms with Crippen molar-refractivity contribution < 1.29 is 24.5 Å². The first kappa shape index (κ1) is 22.4. The van der Waals surface area contributed by atoms with Crippen molar-refractivity contribution in [2.45, 2.75) is 26.2 Å². The van der Waals surface area contributed by atoms with Crippen molar-refractivity contribution in [2.24, 2.45) is 0 Å². The molecule has 0 aliphatic heterocycles. The minimum absolute atomic E-state index is 0.0991. The Balaban J connectivity index is 2.00. The van der Waals surface area contributed by atoms with Gasteiger partial charge < -0.3 is 19.5 Å². The van der Waals surface area contributed by atoms with Crippen LogP contribution in [0.25, 0.3) is 16.6 Å². The van der Waals surface area contributed by atoms with E-state index in [2.05, 4.69) is 13.8 Å². The zero-order valence-electron chi connectivity index (χ0n) is 18.1. The second-order valence-corrected chi connectivity index (χ2v) is 8.43. The Morgan fingerprint density at radius 3 is 2.30 bits per heavy atom. The summed E-state index contributed by atoms with van der Waals surface area (Å²) in [5.41, 5.74) is 2.41. The molecule has 0 aliphatic rings. The Morgan fingerprint density at radius 2 is 1.70 bits per heavy atom. The molecule has 0 saturated carbocycles. The zero-order chi connectivity index (χ0) is 23.7. The fraction of sp³-hybridized carbons (Fsp3) is 0.154. The van der Waals surface area contributed by atoms with Crippen LogP contribution in [0.3, 0.4) is 0 Å². The van der Waals surface area contributed by atoms with Crippen LogP contribution in [-0.2, 0) is 11.2 Å². The fourth-order valence-corrected chi connectivity index (χ4v) is 4.13. The molecule has 0 unspecified atom stereocenters. The maximum atomic E-state index is 12.4. The van der Waals surface area contributed by atoms with Crippen LogP contribution in [-0.4, -0.2) is 26.7 Å². The van der Waals surface area contributed by atoms with E-state index in [1.165, 1.54) is 0 Å². The minimum Gasteiger partial charge on any atom is -0.481 e. The molecule has 0 spiro atoms. The molecule has 0 aliphatic carbocycles. The average Bonchev–Trinajstić information content (AvgIpc) is 3.08. The number of halogens is 1. The molecule has 4 rings (SSSR count). The largest absolute Gasteiger partial charge is 0.481 e. The molecule has 0 bridgehead atoms. The van der Waals surface area contributed by atoms with E-state index < -0.39 is 18.4 Å². The van der Waals surface area contributed by atoms with Gasteiger partial charge in [0.25, 0.3) is 0 Å². The van der Waals surface area contributed by atoms with Crippen molar-refractivity contribution in [3.63, 3.8) is 0 Å². The Hall–Kier alpha value is -3.77. The number of rotatable bonds is 7. The molecule has 2 N–H and O–H groups in total. The number of aromatic nitrogens is 1. The van der Waals surface area contributed by atoms with E-state index in [0.717, 1.165) is 5.56 Å². The van der Waals surface area contributed by atoms with Gasteiger partial charge in [0.05, 0.1) is 22.9 Å². The maximum absolute atomic E-state index is 12.4. The van der Waals surface area contributed by atoms with Crippen LogP contribution in [0, 0.1) is 0 Å². The van der Waals surface area contributed by atoms with Crippen molar-refractivity contribution in [1.29, 1.82) is 0 Å². The van der Waals surface area contributed by atoms with Gasteiger partial charge in [-0.3, -0.25) is 4.79 Å². The van der Waals surface area contributed by atoms with Crippen molar-refractivity contribution in [3.05, 3.63) is 88.6 Å². The Bertz CT molecular complexity index is 1360. The summed E-state index contributed by atoms with van der Waals surface area (Å²) in [6.45, 7) is 4.16. The van der Waals surface area contributed by atoms with E-state index in [4.69, 9.17) is 16.3 Å². The lowest BCUT2D eigenvalue weighted by atomic mass is 10.0. The highest BCUT2D eigenvalue weighted by Gasteiger charge is 2.27. The van der Waals surface area contributed by atoms with Gasteiger partial charge in [-0.15, -0.1) is 0 Å². The molecule has 0 saturated heterocycles. The third-order valence-corrected chi connectivity index (χ3v) is 5.66. The summed E-state index contributed by atoms with van der Waals surface area (Å²) < 4.78 is 7.70. The molecule has 0 radical (unpaired) electrons. The van der Waals surface area contributed by atoms with Gasteiger partial charge in [0.1, 0.15) is 11.5 Å². The molecule has 3 aromatic carbocycles. The summed E-state index contributed by atoms with van der Waals surface area (Å²) in [6.07, 6.45) is -0.459. The predicted molar refractivity (Wildman–Crippen MR) is 127 cm³/mol. The van der Waals surface area contributed by atoms with Crippen molar-refractivity contribution in [3.8, 4) is 17.2 Å². The van der Waals surface area contributed by atoms with Crippen molar-refractivity contribution >= 4 is 34.4 Å². The molecule has 4 aromatic rings. The molecule has 33 heavy (non-hydrogen) atoms. The minimum atomic E-state index is -1.23. The van der Waals surface area contributed by atoms with Gasteiger partial charge in [0.15, 0.2) is 0 Å². The number of fused-ring (bicyclic) bond motifs is 1. The zero-order valence-corrected chi connectivity index (χ0v) is 18.8. The predicted octanol–water partition coefficient (Wildman–Crippen LogP) is 6.52. The van der Waals surface area contributed by atoms with Gasteiger partial charge in [-0.1, -0.05) is 49.7 Å². The molecule has 6 nitrogen and oxygen atoms in total. The lowest BCUT2D eigenvalue weighted by Crippen LogP contribution is -2.11. The standard InChI is InChI=1S/C26H22ClNO5/c1-15(2)16-9-11-18(12-10-16)28-20-7-4-8-22(33-19-6-3-5-17(27)13-19)24(20)25(26(31)32)21(28)14-23(29)30/h3-13,15H,14H2,1-2H3,(H,29,30)(H,31,32). The number of carboxylic acids is 2. The van der Waals surface area contributed by atoms with Crippen molar-refractivity contribution in [1.82, 2.24) is 4.57 Å². The molecule has 7 heteroatoms. The van der Waals surface area contributed by atoms with Crippen LogP contribution in [0.2, 0.25) is 5.02 Å². The lowest BCUT2D eigenvalue weighted by Gasteiger charge is -2.13. The van der Waals surface area contributed by atoms with Crippen LogP contribution in [0.5, 0.6) is 11.5 Å². The summed E-state index contributed by atoms with van der Waals surface area (Å²) >= 11 is 6.07. The molecular weight excluding hydrogens is 442 g/mol. The number of benzene rings is 3. The number of ether oxygens (including phenoxy) is 1. The molecule has 168 valence electrons. The fourth-order valence-electron chi connectivity index (χ4n) is 3.95. The highest BCUT2D eigenvalue weighted by Crippen LogP contribution is 2.38. The van der Waals surface area contributed by atoms with E-state index >= 15 is 0 Å². The summed E-state index contributed by atoms with van der Waals surface area (Å²) in [5, 5.41) is 20.5. The quantitative estimate of drug-likeness (QED) is 0.325. The summed E-state index contributed by atoms with van der Waals surface area (Å²) in [7, 11) is 0. The lowest BCUT2D eigenvalue weighted by molar-refractivity contribution is -0.136. The number of nitrogens with zero attached hydrogens (tertiary/aromatic N) is 1.